The summed E-state index contributed by atoms with van der Waals surface area (Å²) in [5.41, 5.74) is 0.374. The van der Waals surface area contributed by atoms with E-state index in [1.54, 1.807) is 6.07 Å². The number of rotatable bonds is 4. The molecule has 1 aromatic heterocycles. The van der Waals surface area contributed by atoms with Crippen LogP contribution < -0.4 is 10.6 Å². The van der Waals surface area contributed by atoms with Crippen molar-refractivity contribution in [2.24, 2.45) is 11.8 Å². The number of ether oxygens (including phenoxy) is 2. The molecule has 8 heteroatoms. The van der Waals surface area contributed by atoms with Crippen molar-refractivity contribution in [3.05, 3.63) is 11.8 Å². The maximum absolute atomic E-state index is 12.0. The van der Waals surface area contributed by atoms with Crippen molar-refractivity contribution in [1.82, 2.24) is 15.5 Å². The fraction of sp³-hybridized carbons (Fsp3) is 0.611. The fourth-order valence-corrected chi connectivity index (χ4v) is 2.84. The number of nitrogens with zero attached hydrogens (tertiary/aromatic N) is 1. The van der Waals surface area contributed by atoms with Crippen LogP contribution in [-0.2, 0) is 14.3 Å². The van der Waals surface area contributed by atoms with E-state index in [1.807, 2.05) is 20.8 Å². The van der Waals surface area contributed by atoms with Crippen LogP contribution >= 0.6 is 0 Å². The van der Waals surface area contributed by atoms with E-state index in [4.69, 9.17) is 15.9 Å². The molecule has 2 amide bonds. The molecule has 0 unspecified atom stereocenters. The summed E-state index contributed by atoms with van der Waals surface area (Å²) < 4.78 is 11.1. The zero-order valence-electron chi connectivity index (χ0n) is 15.2. The van der Waals surface area contributed by atoms with Gasteiger partial charge in [0.15, 0.2) is 5.82 Å². The summed E-state index contributed by atoms with van der Waals surface area (Å²) in [5.74, 6) is 2.82. The van der Waals surface area contributed by atoms with Gasteiger partial charge in [0.05, 0.1) is 18.2 Å². The van der Waals surface area contributed by atoms with Gasteiger partial charge in [-0.3, -0.25) is 9.89 Å². The zero-order chi connectivity index (χ0) is 18.9. The number of anilines is 1. The topological polar surface area (TPSA) is 105 Å². The molecular weight excluding hydrogens is 336 g/mol. The quantitative estimate of drug-likeness (QED) is 0.712. The highest BCUT2D eigenvalue weighted by atomic mass is 16.6. The Morgan fingerprint density at radius 3 is 2.85 bits per heavy atom. The smallest absolute Gasteiger partial charge is 0.407 e. The first-order valence-electron chi connectivity index (χ1n) is 8.68. The molecule has 0 aromatic carbocycles. The maximum Gasteiger partial charge on any atom is 0.407 e. The summed E-state index contributed by atoms with van der Waals surface area (Å²) in [6.07, 6.45) is 5.51. The summed E-state index contributed by atoms with van der Waals surface area (Å²) in [6, 6.07) is 1.73. The molecule has 4 atom stereocenters. The Bertz CT molecular complexity index is 730. The molecule has 3 rings (SSSR count). The molecule has 8 nitrogen and oxygen atoms in total. The highest BCUT2D eigenvalue weighted by molar-refractivity contribution is 5.94. The molecule has 3 N–H and O–H groups in total. The Morgan fingerprint density at radius 1 is 1.42 bits per heavy atom. The number of carbonyl (C=O) groups excluding carboxylic acids is 2. The molecule has 1 saturated carbocycles. The van der Waals surface area contributed by atoms with Gasteiger partial charge in [0.2, 0.25) is 5.91 Å². The predicted molar refractivity (Wildman–Crippen MR) is 94.1 cm³/mol. The number of aromatic amines is 1. The van der Waals surface area contributed by atoms with Gasteiger partial charge < -0.3 is 20.1 Å². The number of hydrogen-bond donors (Lipinski definition) is 3. The number of alkyl carbamates (subject to hydrolysis) is 1. The van der Waals surface area contributed by atoms with Crippen molar-refractivity contribution < 1.29 is 19.1 Å². The Morgan fingerprint density at radius 2 is 2.19 bits per heavy atom. The second-order valence-corrected chi connectivity index (χ2v) is 7.77. The summed E-state index contributed by atoms with van der Waals surface area (Å²) >= 11 is 0. The van der Waals surface area contributed by atoms with Gasteiger partial charge >= 0.3 is 6.09 Å². The lowest BCUT2D eigenvalue weighted by Gasteiger charge is -2.21. The van der Waals surface area contributed by atoms with Gasteiger partial charge in [-0.25, -0.2) is 4.79 Å². The lowest BCUT2D eigenvalue weighted by atomic mass is 10.1. The molecule has 1 saturated heterocycles. The first-order valence-corrected chi connectivity index (χ1v) is 8.68. The summed E-state index contributed by atoms with van der Waals surface area (Å²) in [6.45, 7) is 5.97. The van der Waals surface area contributed by atoms with Gasteiger partial charge in [-0.1, -0.05) is 0 Å². The van der Waals surface area contributed by atoms with Crippen LogP contribution in [-0.4, -0.2) is 40.4 Å². The number of aromatic nitrogens is 2. The van der Waals surface area contributed by atoms with Crippen LogP contribution in [0.25, 0.3) is 0 Å². The Hall–Kier alpha value is -2.53. The van der Waals surface area contributed by atoms with E-state index in [-0.39, 0.29) is 35.5 Å². The SMILES string of the molecule is C#C[C@H]1C[C@@H]1C(=O)Nc1cc([C@@H]2C[C@H](OC(=O)NC(C)(C)C)CO2)[nH]n1. The van der Waals surface area contributed by atoms with E-state index in [0.717, 1.165) is 12.1 Å². The highest BCUT2D eigenvalue weighted by Gasteiger charge is 2.42. The number of nitrogens with one attached hydrogen (secondary N) is 3. The first-order chi connectivity index (χ1) is 12.2. The molecule has 1 aliphatic heterocycles. The second kappa shape index (κ2) is 7.00. The molecule has 0 spiro atoms. The van der Waals surface area contributed by atoms with Crippen LogP contribution in [0.1, 0.15) is 45.4 Å². The van der Waals surface area contributed by atoms with Crippen molar-refractivity contribution in [3.8, 4) is 12.3 Å². The van der Waals surface area contributed by atoms with Gasteiger partial charge in [-0.2, -0.15) is 5.10 Å². The Balaban J connectivity index is 1.49. The van der Waals surface area contributed by atoms with Crippen LogP contribution in [0.3, 0.4) is 0 Å². The highest BCUT2D eigenvalue weighted by Crippen LogP contribution is 2.38. The maximum atomic E-state index is 12.0. The minimum Gasteiger partial charge on any atom is -0.444 e. The van der Waals surface area contributed by atoms with Gasteiger partial charge in [0.1, 0.15) is 12.2 Å². The molecule has 140 valence electrons. The van der Waals surface area contributed by atoms with E-state index in [2.05, 4.69) is 26.8 Å². The molecule has 2 heterocycles. The molecule has 0 bridgehead atoms. The van der Waals surface area contributed by atoms with E-state index in [0.29, 0.717) is 18.8 Å². The van der Waals surface area contributed by atoms with Crippen molar-refractivity contribution in [3.63, 3.8) is 0 Å². The van der Waals surface area contributed by atoms with Gasteiger partial charge in [-0.05, 0) is 27.2 Å². The van der Waals surface area contributed by atoms with Gasteiger partial charge in [0, 0.05) is 23.9 Å². The fourth-order valence-electron chi connectivity index (χ4n) is 2.84. The summed E-state index contributed by atoms with van der Waals surface area (Å²) in [5, 5.41) is 12.5. The van der Waals surface area contributed by atoms with E-state index < -0.39 is 6.09 Å². The van der Waals surface area contributed by atoms with Crippen LogP contribution in [0.4, 0.5) is 10.6 Å². The lowest BCUT2D eigenvalue weighted by Crippen LogP contribution is -2.42. The van der Waals surface area contributed by atoms with Crippen molar-refractivity contribution in [1.29, 1.82) is 0 Å². The van der Waals surface area contributed by atoms with Gasteiger partial charge in [-0.15, -0.1) is 12.3 Å². The van der Waals surface area contributed by atoms with E-state index in [1.165, 1.54) is 0 Å². The minimum atomic E-state index is -0.461. The van der Waals surface area contributed by atoms with Crippen molar-refractivity contribution in [2.75, 3.05) is 11.9 Å². The summed E-state index contributed by atoms with van der Waals surface area (Å²) in [4.78, 5) is 23.8. The molecular formula is C18H24N4O4. The predicted octanol–water partition coefficient (Wildman–Crippen LogP) is 1.97. The third-order valence-corrected chi connectivity index (χ3v) is 4.25. The normalized spacial score (nSPS) is 27.5. The average Bonchev–Trinajstić information content (AvgIpc) is 2.95. The number of hydrogen-bond acceptors (Lipinski definition) is 5. The van der Waals surface area contributed by atoms with E-state index in [9.17, 15) is 9.59 Å². The monoisotopic (exact) mass is 360 g/mol. The lowest BCUT2D eigenvalue weighted by molar-refractivity contribution is -0.117. The molecule has 0 radical (unpaired) electrons. The first kappa shape index (κ1) is 18.3. The number of terminal acetylenes is 1. The molecule has 1 aromatic rings. The third kappa shape index (κ3) is 4.55. The van der Waals surface area contributed by atoms with Crippen molar-refractivity contribution in [2.45, 2.75) is 51.4 Å². The van der Waals surface area contributed by atoms with Gasteiger partial charge in [0.25, 0.3) is 0 Å². The Kier molecular flexibility index (Phi) is 4.92. The number of carbonyl (C=O) groups is 2. The van der Waals surface area contributed by atoms with Crippen LogP contribution in [0.5, 0.6) is 0 Å². The van der Waals surface area contributed by atoms with Crippen LogP contribution in [0.2, 0.25) is 0 Å². The average molecular weight is 360 g/mol. The van der Waals surface area contributed by atoms with Crippen LogP contribution in [0.15, 0.2) is 6.07 Å². The Labute approximate surface area is 152 Å². The number of H-pyrrole nitrogens is 1. The zero-order valence-corrected chi connectivity index (χ0v) is 15.2. The third-order valence-electron chi connectivity index (χ3n) is 4.25. The standard InChI is InChI=1S/C18H24N4O4/c1-5-10-6-12(10)16(23)19-15-8-13(21-22-15)14-7-11(9-25-14)26-17(24)20-18(2,3)4/h1,8,10-12,14H,6-7,9H2,2-4H3,(H,20,24)(H2,19,21,22,23)/t10-,11-,12-,14-/m0/s1. The minimum absolute atomic E-state index is 0.0312. The molecule has 26 heavy (non-hydrogen) atoms. The largest absolute Gasteiger partial charge is 0.444 e. The second-order valence-electron chi connectivity index (χ2n) is 7.77. The van der Waals surface area contributed by atoms with Crippen molar-refractivity contribution >= 4 is 17.8 Å². The summed E-state index contributed by atoms with van der Waals surface area (Å²) in [7, 11) is 0. The van der Waals surface area contributed by atoms with Crippen LogP contribution in [0, 0.1) is 24.2 Å². The van der Waals surface area contributed by atoms with E-state index >= 15 is 0 Å². The number of amides is 2. The molecule has 2 fully saturated rings. The molecule has 1 aliphatic carbocycles. The molecule has 2 aliphatic rings.